The molecule has 2 amide bonds. The summed E-state index contributed by atoms with van der Waals surface area (Å²) in [4.78, 5) is 32.4. The predicted octanol–water partition coefficient (Wildman–Crippen LogP) is 7.07. The molecule has 0 saturated heterocycles. The summed E-state index contributed by atoms with van der Waals surface area (Å²) in [5.41, 5.74) is 8.40. The lowest BCUT2D eigenvalue weighted by atomic mass is 9.94. The first-order chi connectivity index (χ1) is 20.3. The number of anilines is 1. The third-order valence-electron chi connectivity index (χ3n) is 7.48. The van der Waals surface area contributed by atoms with Gasteiger partial charge in [-0.25, -0.2) is 0 Å². The minimum atomic E-state index is -0.418. The van der Waals surface area contributed by atoms with Gasteiger partial charge in [0.25, 0.3) is 0 Å². The Morgan fingerprint density at radius 2 is 1.34 bits per heavy atom. The monoisotopic (exact) mass is 535 g/mol. The minimum Gasteiger partial charge on any atom is -0.327 e. The lowest BCUT2D eigenvalue weighted by molar-refractivity contribution is -0.119. The second-order valence-corrected chi connectivity index (χ2v) is 9.86. The zero-order chi connectivity index (χ0) is 28.0. The fourth-order valence-corrected chi connectivity index (χ4v) is 5.66. The van der Waals surface area contributed by atoms with Crippen molar-refractivity contribution in [2.24, 2.45) is 0 Å². The number of aromatic nitrogens is 1. The number of nitrogens with one attached hydrogen (secondary N) is 1. The van der Waals surface area contributed by atoms with Gasteiger partial charge in [0.05, 0.1) is 23.0 Å². The maximum Gasteiger partial charge on any atom is 0.239 e. The summed E-state index contributed by atoms with van der Waals surface area (Å²) < 4.78 is 0. The molecule has 0 unspecified atom stereocenters. The Morgan fingerprint density at radius 3 is 2.00 bits per heavy atom. The molecule has 0 saturated carbocycles. The summed E-state index contributed by atoms with van der Waals surface area (Å²) in [6.07, 6.45) is 4.79. The highest BCUT2D eigenvalue weighted by Crippen LogP contribution is 2.46. The van der Waals surface area contributed by atoms with Crippen molar-refractivity contribution < 1.29 is 9.59 Å². The van der Waals surface area contributed by atoms with Gasteiger partial charge in [0.2, 0.25) is 12.3 Å². The molecule has 5 aromatic rings. The van der Waals surface area contributed by atoms with Gasteiger partial charge in [-0.2, -0.15) is 0 Å². The van der Waals surface area contributed by atoms with Gasteiger partial charge >= 0.3 is 0 Å². The van der Waals surface area contributed by atoms with Gasteiger partial charge in [-0.15, -0.1) is 0 Å². The summed E-state index contributed by atoms with van der Waals surface area (Å²) >= 11 is 0. The number of carbonyl (C=O) groups excluding carboxylic acids is 2. The zero-order valence-electron chi connectivity index (χ0n) is 22.5. The van der Waals surface area contributed by atoms with Crippen molar-refractivity contribution in [1.82, 2.24) is 10.3 Å². The summed E-state index contributed by atoms with van der Waals surface area (Å²) in [6, 6.07) is 40.1. The fraction of sp³-hybridized carbons (Fsp3) is 0.0833. The number of hydrogen-bond acceptors (Lipinski definition) is 3. The fourth-order valence-electron chi connectivity index (χ4n) is 5.66. The Balaban J connectivity index is 1.43. The molecule has 1 aromatic heterocycles. The highest BCUT2D eigenvalue weighted by Gasteiger charge is 2.36. The van der Waals surface area contributed by atoms with Crippen molar-refractivity contribution in [2.75, 3.05) is 11.4 Å². The van der Waals surface area contributed by atoms with Crippen LogP contribution in [0.5, 0.6) is 0 Å². The number of rotatable bonds is 9. The lowest BCUT2D eigenvalue weighted by Crippen LogP contribution is -2.36. The van der Waals surface area contributed by atoms with Crippen LogP contribution >= 0.6 is 0 Å². The van der Waals surface area contributed by atoms with Gasteiger partial charge in [0.1, 0.15) is 0 Å². The molecule has 200 valence electrons. The number of hydrogen-bond donors (Lipinski definition) is 1. The SMILES string of the molecule is O=CNC(=CCCN(C(=O)C1c2ccccc2-c2ccccc21)c1ccccc1-c1ccccc1)c1ccccn1. The van der Waals surface area contributed by atoms with Crippen molar-refractivity contribution in [3.8, 4) is 22.3 Å². The summed E-state index contributed by atoms with van der Waals surface area (Å²) in [7, 11) is 0. The largest absolute Gasteiger partial charge is 0.327 e. The molecule has 0 bridgehead atoms. The van der Waals surface area contributed by atoms with Crippen molar-refractivity contribution in [3.63, 3.8) is 0 Å². The molecule has 0 atom stereocenters. The van der Waals surface area contributed by atoms with Gasteiger partial charge in [0, 0.05) is 18.3 Å². The first kappa shape index (κ1) is 26.0. The Kier molecular flexibility index (Phi) is 7.50. The van der Waals surface area contributed by atoms with Crippen LogP contribution < -0.4 is 10.2 Å². The van der Waals surface area contributed by atoms with E-state index in [4.69, 9.17) is 0 Å². The van der Waals surface area contributed by atoms with E-state index < -0.39 is 5.92 Å². The maximum atomic E-state index is 14.7. The van der Waals surface area contributed by atoms with Crippen LogP contribution in [0.2, 0.25) is 0 Å². The van der Waals surface area contributed by atoms with E-state index in [0.717, 1.165) is 39.1 Å². The normalized spacial score (nSPS) is 12.3. The number of carbonyl (C=O) groups is 2. The van der Waals surface area contributed by atoms with E-state index in [1.54, 1.807) is 6.20 Å². The van der Waals surface area contributed by atoms with Crippen LogP contribution in [0.1, 0.15) is 29.2 Å². The third kappa shape index (κ3) is 5.18. The topological polar surface area (TPSA) is 62.3 Å². The highest BCUT2D eigenvalue weighted by atomic mass is 16.2. The molecular weight excluding hydrogens is 506 g/mol. The van der Waals surface area contributed by atoms with Gasteiger partial charge in [-0.1, -0.05) is 109 Å². The molecule has 0 aliphatic heterocycles. The van der Waals surface area contributed by atoms with Gasteiger partial charge < -0.3 is 10.2 Å². The molecule has 0 spiro atoms. The average molecular weight is 536 g/mol. The Hall–Kier alpha value is -5.29. The van der Waals surface area contributed by atoms with Crippen molar-refractivity contribution >= 4 is 23.7 Å². The van der Waals surface area contributed by atoms with E-state index in [-0.39, 0.29) is 5.91 Å². The molecular formula is C36H29N3O2. The number of benzene rings is 4. The quantitative estimate of drug-likeness (QED) is 0.205. The predicted molar refractivity (Wildman–Crippen MR) is 164 cm³/mol. The Bertz CT molecular complexity index is 1670. The third-order valence-corrected chi connectivity index (χ3v) is 7.48. The second kappa shape index (κ2) is 11.8. The van der Waals surface area contributed by atoms with Crippen LogP contribution in [0.25, 0.3) is 28.0 Å². The molecule has 0 radical (unpaired) electrons. The van der Waals surface area contributed by atoms with Crippen LogP contribution in [0.15, 0.2) is 134 Å². The van der Waals surface area contributed by atoms with E-state index in [0.29, 0.717) is 30.8 Å². The molecule has 5 nitrogen and oxygen atoms in total. The molecule has 41 heavy (non-hydrogen) atoms. The van der Waals surface area contributed by atoms with E-state index in [1.807, 2.05) is 89.8 Å². The molecule has 1 aliphatic carbocycles. The Morgan fingerprint density at radius 1 is 0.732 bits per heavy atom. The number of pyridine rings is 1. The summed E-state index contributed by atoms with van der Waals surface area (Å²) in [5.74, 6) is -0.402. The van der Waals surface area contributed by atoms with Crippen molar-refractivity contribution in [3.05, 3.63) is 150 Å². The lowest BCUT2D eigenvalue weighted by Gasteiger charge is -2.28. The number of fused-ring (bicyclic) bond motifs is 3. The number of amides is 2. The molecule has 0 fully saturated rings. The van der Waals surface area contributed by atoms with Crippen LogP contribution in [-0.2, 0) is 9.59 Å². The van der Waals surface area contributed by atoms with E-state index in [9.17, 15) is 9.59 Å². The molecule has 1 aliphatic rings. The van der Waals surface area contributed by atoms with Crippen molar-refractivity contribution in [2.45, 2.75) is 12.3 Å². The first-order valence-electron chi connectivity index (χ1n) is 13.7. The van der Waals surface area contributed by atoms with Crippen LogP contribution in [0.3, 0.4) is 0 Å². The van der Waals surface area contributed by atoms with Gasteiger partial charge in [-0.05, 0) is 52.4 Å². The standard InChI is InChI=1S/C36H29N3O2/c40-25-38-33(32-20-10-11-23-37-32)21-12-24-39(34-22-9-8-15-27(34)26-13-2-1-3-14-26)36(41)35-30-18-6-4-16-28(30)29-17-5-7-19-31(29)35/h1-11,13-23,25,35H,12,24H2,(H,38,40). The molecule has 1 heterocycles. The number of nitrogens with zero attached hydrogens (tertiary/aromatic N) is 2. The second-order valence-electron chi connectivity index (χ2n) is 9.86. The van der Waals surface area contributed by atoms with Gasteiger partial charge in [0.15, 0.2) is 0 Å². The van der Waals surface area contributed by atoms with Crippen LogP contribution in [0, 0.1) is 0 Å². The smallest absolute Gasteiger partial charge is 0.239 e. The molecule has 5 heteroatoms. The zero-order valence-corrected chi connectivity index (χ0v) is 22.5. The summed E-state index contributed by atoms with van der Waals surface area (Å²) in [5, 5.41) is 2.77. The van der Waals surface area contributed by atoms with E-state index in [1.165, 1.54) is 0 Å². The van der Waals surface area contributed by atoms with E-state index in [2.05, 4.69) is 52.8 Å². The summed E-state index contributed by atoms with van der Waals surface area (Å²) in [6.45, 7) is 0.417. The maximum absolute atomic E-state index is 14.7. The van der Waals surface area contributed by atoms with Crippen molar-refractivity contribution in [1.29, 1.82) is 0 Å². The Labute approximate surface area is 239 Å². The number of para-hydroxylation sites is 1. The average Bonchev–Trinajstić information content (AvgIpc) is 3.38. The van der Waals surface area contributed by atoms with Gasteiger partial charge in [-0.3, -0.25) is 14.6 Å². The molecule has 1 N–H and O–H groups in total. The first-order valence-corrected chi connectivity index (χ1v) is 13.7. The minimum absolute atomic E-state index is 0.0157. The van der Waals surface area contributed by atoms with Crippen LogP contribution in [-0.4, -0.2) is 23.8 Å². The highest BCUT2D eigenvalue weighted by molar-refractivity contribution is 6.06. The molecule has 4 aromatic carbocycles. The molecule has 6 rings (SSSR count). The van der Waals surface area contributed by atoms with E-state index >= 15 is 0 Å². The van der Waals surface area contributed by atoms with Crippen LogP contribution in [0.4, 0.5) is 5.69 Å².